The maximum atomic E-state index is 11.0. The standard InChI is InChI=1S/C11H16N4O2S/c16-11(17)9-1-2-13-14-10(9)12-3-4-15-5-7-18-8-6-15/h1-2H,3-8H2,(H,12,14)(H,16,17). The Morgan fingerprint density at radius 1 is 1.50 bits per heavy atom. The second-order valence-corrected chi connectivity index (χ2v) is 5.20. The highest BCUT2D eigenvalue weighted by atomic mass is 32.2. The van der Waals surface area contributed by atoms with Crippen LogP contribution in [0.2, 0.25) is 0 Å². The lowest BCUT2D eigenvalue weighted by Gasteiger charge is -2.26. The fourth-order valence-electron chi connectivity index (χ4n) is 1.79. The molecule has 2 N–H and O–H groups in total. The summed E-state index contributed by atoms with van der Waals surface area (Å²) < 4.78 is 0. The summed E-state index contributed by atoms with van der Waals surface area (Å²) in [7, 11) is 0. The second kappa shape index (κ2) is 6.55. The normalized spacial score (nSPS) is 16.4. The SMILES string of the molecule is O=C(O)c1ccnnc1NCCN1CCSCC1. The van der Waals surface area contributed by atoms with Crippen LogP contribution in [0.4, 0.5) is 5.82 Å². The van der Waals surface area contributed by atoms with Gasteiger partial charge in [0.2, 0.25) is 0 Å². The van der Waals surface area contributed by atoms with E-state index in [1.807, 2.05) is 11.8 Å². The van der Waals surface area contributed by atoms with Crippen molar-refractivity contribution in [1.29, 1.82) is 0 Å². The highest BCUT2D eigenvalue weighted by Crippen LogP contribution is 2.11. The number of nitrogens with zero attached hydrogens (tertiary/aromatic N) is 3. The van der Waals surface area contributed by atoms with Crippen LogP contribution in [0.5, 0.6) is 0 Å². The van der Waals surface area contributed by atoms with Gasteiger partial charge in [0.15, 0.2) is 5.82 Å². The number of anilines is 1. The molecule has 0 bridgehead atoms. The summed E-state index contributed by atoms with van der Waals surface area (Å²) in [5.41, 5.74) is 0.166. The monoisotopic (exact) mass is 268 g/mol. The first-order valence-corrected chi connectivity index (χ1v) is 7.02. The number of nitrogens with one attached hydrogen (secondary N) is 1. The number of thioether (sulfide) groups is 1. The summed E-state index contributed by atoms with van der Waals surface area (Å²) in [6, 6.07) is 1.45. The molecule has 0 unspecified atom stereocenters. The Morgan fingerprint density at radius 3 is 3.00 bits per heavy atom. The van der Waals surface area contributed by atoms with Crippen LogP contribution >= 0.6 is 11.8 Å². The molecule has 1 saturated heterocycles. The Morgan fingerprint density at radius 2 is 2.28 bits per heavy atom. The van der Waals surface area contributed by atoms with Gasteiger partial charge in [0, 0.05) is 37.7 Å². The van der Waals surface area contributed by atoms with E-state index in [1.165, 1.54) is 23.8 Å². The molecule has 0 saturated carbocycles. The zero-order chi connectivity index (χ0) is 12.8. The maximum Gasteiger partial charge on any atom is 0.339 e. The first-order valence-electron chi connectivity index (χ1n) is 5.86. The Hall–Kier alpha value is -1.34. The van der Waals surface area contributed by atoms with Gasteiger partial charge in [0.25, 0.3) is 0 Å². The third kappa shape index (κ3) is 3.58. The third-order valence-corrected chi connectivity index (χ3v) is 3.72. The van der Waals surface area contributed by atoms with Crippen molar-refractivity contribution in [3.05, 3.63) is 17.8 Å². The van der Waals surface area contributed by atoms with Gasteiger partial charge in [-0.05, 0) is 6.07 Å². The van der Waals surface area contributed by atoms with E-state index in [0.717, 1.165) is 19.6 Å². The molecule has 18 heavy (non-hydrogen) atoms. The number of aromatic nitrogens is 2. The zero-order valence-electron chi connectivity index (χ0n) is 10.0. The summed E-state index contributed by atoms with van der Waals surface area (Å²) in [5, 5.41) is 19.6. The van der Waals surface area contributed by atoms with Crippen molar-refractivity contribution >= 4 is 23.5 Å². The van der Waals surface area contributed by atoms with E-state index in [2.05, 4.69) is 20.4 Å². The summed E-state index contributed by atoms with van der Waals surface area (Å²) in [6.45, 7) is 3.77. The minimum absolute atomic E-state index is 0.166. The van der Waals surface area contributed by atoms with E-state index < -0.39 is 5.97 Å². The summed E-state index contributed by atoms with van der Waals surface area (Å²) in [6.07, 6.45) is 1.39. The molecule has 7 heteroatoms. The number of aromatic carboxylic acids is 1. The first kappa shape index (κ1) is 13.1. The molecular formula is C11H16N4O2S. The lowest BCUT2D eigenvalue weighted by molar-refractivity contribution is 0.0697. The van der Waals surface area contributed by atoms with E-state index >= 15 is 0 Å². The van der Waals surface area contributed by atoms with E-state index in [1.54, 1.807) is 0 Å². The minimum atomic E-state index is -0.984. The summed E-state index contributed by atoms with van der Waals surface area (Å²) >= 11 is 1.97. The van der Waals surface area contributed by atoms with Crippen LogP contribution in [-0.4, -0.2) is 63.9 Å². The van der Waals surface area contributed by atoms with E-state index in [9.17, 15) is 4.79 Å². The van der Waals surface area contributed by atoms with Gasteiger partial charge in [-0.3, -0.25) is 4.90 Å². The van der Waals surface area contributed by atoms with Gasteiger partial charge in [-0.2, -0.15) is 16.9 Å². The van der Waals surface area contributed by atoms with Crippen LogP contribution in [0.15, 0.2) is 12.3 Å². The highest BCUT2D eigenvalue weighted by Gasteiger charge is 2.12. The van der Waals surface area contributed by atoms with Crippen LogP contribution in [0.25, 0.3) is 0 Å². The molecule has 1 aliphatic heterocycles. The van der Waals surface area contributed by atoms with Crippen LogP contribution < -0.4 is 5.32 Å². The lowest BCUT2D eigenvalue weighted by atomic mass is 10.3. The molecule has 1 fully saturated rings. The number of hydrogen-bond acceptors (Lipinski definition) is 6. The fraction of sp³-hybridized carbons (Fsp3) is 0.545. The molecule has 0 spiro atoms. The quantitative estimate of drug-likeness (QED) is 0.811. The molecule has 1 aromatic rings. The Kier molecular flexibility index (Phi) is 4.77. The van der Waals surface area contributed by atoms with Crippen molar-refractivity contribution in [2.75, 3.05) is 43.0 Å². The van der Waals surface area contributed by atoms with Gasteiger partial charge < -0.3 is 10.4 Å². The molecule has 0 atom stereocenters. The predicted octanol–water partition coefficient (Wildman–Crippen LogP) is 0.635. The Bertz CT molecular complexity index is 410. The molecular weight excluding hydrogens is 252 g/mol. The first-order chi connectivity index (χ1) is 8.77. The minimum Gasteiger partial charge on any atom is -0.478 e. The van der Waals surface area contributed by atoms with E-state index in [4.69, 9.17) is 5.11 Å². The van der Waals surface area contributed by atoms with Gasteiger partial charge in [0.1, 0.15) is 5.56 Å². The van der Waals surface area contributed by atoms with Crippen molar-refractivity contribution < 1.29 is 9.90 Å². The number of carbonyl (C=O) groups is 1. The fourth-order valence-corrected chi connectivity index (χ4v) is 2.77. The molecule has 0 aliphatic carbocycles. The molecule has 2 rings (SSSR count). The van der Waals surface area contributed by atoms with Crippen molar-refractivity contribution in [2.45, 2.75) is 0 Å². The van der Waals surface area contributed by atoms with E-state index in [0.29, 0.717) is 12.4 Å². The second-order valence-electron chi connectivity index (χ2n) is 3.98. The molecule has 0 amide bonds. The van der Waals surface area contributed by atoms with Crippen LogP contribution in [0.1, 0.15) is 10.4 Å². The van der Waals surface area contributed by atoms with Gasteiger partial charge in [-0.1, -0.05) is 0 Å². The van der Waals surface area contributed by atoms with Gasteiger partial charge in [0.05, 0.1) is 6.20 Å². The number of rotatable bonds is 5. The third-order valence-electron chi connectivity index (χ3n) is 2.78. The molecule has 0 aromatic carbocycles. The maximum absolute atomic E-state index is 11.0. The van der Waals surface area contributed by atoms with Crippen LogP contribution in [-0.2, 0) is 0 Å². The molecule has 6 nitrogen and oxygen atoms in total. The Balaban J connectivity index is 1.84. The average molecular weight is 268 g/mol. The highest BCUT2D eigenvalue weighted by molar-refractivity contribution is 7.99. The molecule has 2 heterocycles. The molecule has 1 aliphatic rings. The van der Waals surface area contributed by atoms with E-state index in [-0.39, 0.29) is 5.56 Å². The van der Waals surface area contributed by atoms with Crippen molar-refractivity contribution in [2.24, 2.45) is 0 Å². The summed E-state index contributed by atoms with van der Waals surface area (Å²) in [4.78, 5) is 13.3. The average Bonchev–Trinajstić information content (AvgIpc) is 2.40. The van der Waals surface area contributed by atoms with Crippen LogP contribution in [0.3, 0.4) is 0 Å². The number of carboxylic acids is 1. The van der Waals surface area contributed by atoms with Crippen molar-refractivity contribution in [3.63, 3.8) is 0 Å². The zero-order valence-corrected chi connectivity index (χ0v) is 10.8. The smallest absolute Gasteiger partial charge is 0.339 e. The molecule has 0 radical (unpaired) electrons. The van der Waals surface area contributed by atoms with Gasteiger partial charge >= 0.3 is 5.97 Å². The van der Waals surface area contributed by atoms with Crippen LogP contribution in [0, 0.1) is 0 Å². The van der Waals surface area contributed by atoms with Gasteiger partial charge in [-0.15, -0.1) is 5.10 Å². The van der Waals surface area contributed by atoms with Crippen molar-refractivity contribution in [1.82, 2.24) is 15.1 Å². The topological polar surface area (TPSA) is 78.3 Å². The summed E-state index contributed by atoms with van der Waals surface area (Å²) in [5.74, 6) is 1.70. The molecule has 98 valence electrons. The predicted molar refractivity (Wildman–Crippen MR) is 71.2 cm³/mol. The molecule has 1 aromatic heterocycles. The number of hydrogen-bond donors (Lipinski definition) is 2. The lowest BCUT2D eigenvalue weighted by Crippen LogP contribution is -2.36. The van der Waals surface area contributed by atoms with Crippen molar-refractivity contribution in [3.8, 4) is 0 Å². The van der Waals surface area contributed by atoms with Gasteiger partial charge in [-0.25, -0.2) is 4.79 Å². The largest absolute Gasteiger partial charge is 0.478 e. The Labute approximate surface area is 110 Å². The number of carboxylic acid groups (broad SMARTS) is 1.